The zero-order chi connectivity index (χ0) is 17.8. The molecule has 0 aliphatic carbocycles. The van der Waals surface area contributed by atoms with Crippen molar-refractivity contribution in [1.82, 2.24) is 0 Å². The molecule has 0 spiro atoms. The minimum atomic E-state index is -0.0746. The summed E-state index contributed by atoms with van der Waals surface area (Å²) in [5.74, 6) is 1.31. The van der Waals surface area contributed by atoms with Crippen LogP contribution in [0.5, 0.6) is 11.5 Å². The molecule has 130 valence electrons. The van der Waals surface area contributed by atoms with Crippen molar-refractivity contribution >= 4 is 11.0 Å². The maximum Gasteiger partial charge on any atom is 0.199 e. The predicted molar refractivity (Wildman–Crippen MR) is 98.3 cm³/mol. The molecule has 0 fully saturated rings. The van der Waals surface area contributed by atoms with E-state index in [4.69, 9.17) is 9.15 Å². The van der Waals surface area contributed by atoms with Crippen LogP contribution in [0, 0.1) is 5.92 Å². The van der Waals surface area contributed by atoms with Crippen molar-refractivity contribution in [2.24, 2.45) is 5.92 Å². The van der Waals surface area contributed by atoms with E-state index in [0.29, 0.717) is 41.2 Å². The number of phenolic OH excluding ortho intramolecular Hbond substituents is 1. The minimum absolute atomic E-state index is 0.0746. The van der Waals surface area contributed by atoms with Gasteiger partial charge in [0.1, 0.15) is 22.5 Å². The molecule has 2 aromatic carbocycles. The Labute approximate surface area is 146 Å². The van der Waals surface area contributed by atoms with Crippen molar-refractivity contribution < 1.29 is 14.3 Å². The molecule has 3 aromatic rings. The number of benzene rings is 2. The normalized spacial score (nSPS) is 11.2. The highest BCUT2D eigenvalue weighted by Crippen LogP contribution is 2.24. The Morgan fingerprint density at radius 3 is 2.60 bits per heavy atom. The van der Waals surface area contributed by atoms with Gasteiger partial charge in [0.25, 0.3) is 0 Å². The summed E-state index contributed by atoms with van der Waals surface area (Å²) in [6, 6.07) is 12.2. The van der Waals surface area contributed by atoms with Crippen molar-refractivity contribution in [2.45, 2.75) is 26.7 Å². The first kappa shape index (κ1) is 17.1. The van der Waals surface area contributed by atoms with E-state index in [1.807, 2.05) is 12.1 Å². The van der Waals surface area contributed by atoms with Crippen LogP contribution in [0.3, 0.4) is 0 Å². The average molecular weight is 338 g/mol. The molecule has 0 amide bonds. The van der Waals surface area contributed by atoms with Gasteiger partial charge in [0.2, 0.25) is 0 Å². The zero-order valence-electron chi connectivity index (χ0n) is 14.5. The molecule has 0 radical (unpaired) electrons. The van der Waals surface area contributed by atoms with Gasteiger partial charge in [-0.3, -0.25) is 4.79 Å². The number of fused-ring (bicyclic) bond motifs is 1. The smallest absolute Gasteiger partial charge is 0.199 e. The molecule has 0 unspecified atom stereocenters. The van der Waals surface area contributed by atoms with Gasteiger partial charge in [-0.05, 0) is 42.2 Å². The van der Waals surface area contributed by atoms with E-state index >= 15 is 0 Å². The SMILES string of the molecule is CC(C)CCOc1cccc2occ(Cc3ccc(O)cc3)c(=O)c12. The lowest BCUT2D eigenvalue weighted by Crippen LogP contribution is -2.11. The first-order chi connectivity index (χ1) is 12.0. The Kier molecular flexibility index (Phi) is 5.08. The largest absolute Gasteiger partial charge is 0.508 e. The Hall–Kier alpha value is -2.75. The van der Waals surface area contributed by atoms with Crippen LogP contribution in [0.25, 0.3) is 11.0 Å². The van der Waals surface area contributed by atoms with Gasteiger partial charge in [0.05, 0.1) is 12.9 Å². The molecule has 25 heavy (non-hydrogen) atoms. The Morgan fingerprint density at radius 1 is 1.12 bits per heavy atom. The summed E-state index contributed by atoms with van der Waals surface area (Å²) in [6.07, 6.45) is 2.88. The molecule has 1 heterocycles. The van der Waals surface area contributed by atoms with Gasteiger partial charge in [-0.25, -0.2) is 0 Å². The second-order valence-corrected chi connectivity index (χ2v) is 6.59. The second kappa shape index (κ2) is 7.43. The quantitative estimate of drug-likeness (QED) is 0.718. The lowest BCUT2D eigenvalue weighted by molar-refractivity contribution is 0.292. The maximum absolute atomic E-state index is 12.9. The topological polar surface area (TPSA) is 59.7 Å². The van der Waals surface area contributed by atoms with E-state index in [-0.39, 0.29) is 11.2 Å². The van der Waals surface area contributed by atoms with E-state index in [9.17, 15) is 9.90 Å². The standard InChI is InChI=1S/C21H22O4/c1-14(2)10-11-24-18-4-3-5-19-20(18)21(23)16(13-25-19)12-15-6-8-17(22)9-7-15/h3-9,13-14,22H,10-12H2,1-2H3. The molecule has 3 rings (SSSR count). The van der Waals surface area contributed by atoms with Crippen LogP contribution in [0.15, 0.2) is 57.9 Å². The van der Waals surface area contributed by atoms with E-state index in [1.54, 1.807) is 30.3 Å². The number of phenols is 1. The van der Waals surface area contributed by atoms with Crippen molar-refractivity contribution in [3.05, 3.63) is 70.1 Å². The molecule has 0 saturated carbocycles. The summed E-state index contributed by atoms with van der Waals surface area (Å²) < 4.78 is 11.5. The van der Waals surface area contributed by atoms with Crippen molar-refractivity contribution in [1.29, 1.82) is 0 Å². The fraction of sp³-hybridized carbons (Fsp3) is 0.286. The van der Waals surface area contributed by atoms with Gasteiger partial charge >= 0.3 is 0 Å². The fourth-order valence-electron chi connectivity index (χ4n) is 2.66. The Morgan fingerprint density at radius 2 is 1.88 bits per heavy atom. The monoisotopic (exact) mass is 338 g/mol. The molecule has 0 atom stereocenters. The predicted octanol–water partition coefficient (Wildman–Crippen LogP) is 4.51. The number of aromatic hydroxyl groups is 1. The molecule has 1 aromatic heterocycles. The molecule has 0 saturated heterocycles. The van der Waals surface area contributed by atoms with Gasteiger partial charge in [-0.15, -0.1) is 0 Å². The lowest BCUT2D eigenvalue weighted by Gasteiger charge is -2.10. The third kappa shape index (κ3) is 4.02. The molecule has 4 nitrogen and oxygen atoms in total. The fourth-order valence-corrected chi connectivity index (χ4v) is 2.66. The van der Waals surface area contributed by atoms with Gasteiger partial charge in [-0.1, -0.05) is 32.0 Å². The highest BCUT2D eigenvalue weighted by atomic mass is 16.5. The summed E-state index contributed by atoms with van der Waals surface area (Å²) in [5, 5.41) is 9.87. The first-order valence-corrected chi connectivity index (χ1v) is 8.48. The van der Waals surface area contributed by atoms with Crippen LogP contribution < -0.4 is 10.2 Å². The van der Waals surface area contributed by atoms with Crippen LogP contribution in [0.1, 0.15) is 31.4 Å². The molecular formula is C21H22O4. The zero-order valence-corrected chi connectivity index (χ0v) is 14.5. The molecular weight excluding hydrogens is 316 g/mol. The van der Waals surface area contributed by atoms with E-state index in [0.717, 1.165) is 12.0 Å². The van der Waals surface area contributed by atoms with Gasteiger partial charge in [-0.2, -0.15) is 0 Å². The third-order valence-corrected chi connectivity index (χ3v) is 4.12. The summed E-state index contributed by atoms with van der Waals surface area (Å²) >= 11 is 0. The first-order valence-electron chi connectivity index (χ1n) is 8.48. The van der Waals surface area contributed by atoms with Crippen LogP contribution in [0.2, 0.25) is 0 Å². The number of hydrogen-bond acceptors (Lipinski definition) is 4. The molecule has 1 N–H and O–H groups in total. The van der Waals surface area contributed by atoms with Crippen molar-refractivity contribution in [2.75, 3.05) is 6.61 Å². The number of hydrogen-bond donors (Lipinski definition) is 1. The molecule has 4 heteroatoms. The maximum atomic E-state index is 12.9. The van der Waals surface area contributed by atoms with E-state index in [1.165, 1.54) is 6.26 Å². The van der Waals surface area contributed by atoms with E-state index in [2.05, 4.69) is 13.8 Å². The third-order valence-electron chi connectivity index (χ3n) is 4.12. The highest BCUT2D eigenvalue weighted by Gasteiger charge is 2.13. The van der Waals surface area contributed by atoms with Crippen molar-refractivity contribution in [3.8, 4) is 11.5 Å². The molecule has 0 aliphatic heterocycles. The second-order valence-electron chi connectivity index (χ2n) is 6.59. The number of rotatable bonds is 6. The Balaban J connectivity index is 1.94. The van der Waals surface area contributed by atoms with Crippen molar-refractivity contribution in [3.63, 3.8) is 0 Å². The molecule has 0 bridgehead atoms. The lowest BCUT2D eigenvalue weighted by atomic mass is 10.0. The van der Waals surface area contributed by atoms with Crippen LogP contribution in [0.4, 0.5) is 0 Å². The summed E-state index contributed by atoms with van der Waals surface area (Å²) in [5.41, 5.74) is 1.96. The van der Waals surface area contributed by atoms with Crippen LogP contribution >= 0.6 is 0 Å². The van der Waals surface area contributed by atoms with Gasteiger partial charge < -0.3 is 14.3 Å². The average Bonchev–Trinajstić information content (AvgIpc) is 2.59. The van der Waals surface area contributed by atoms with Crippen LogP contribution in [-0.2, 0) is 6.42 Å². The molecule has 0 aliphatic rings. The highest BCUT2D eigenvalue weighted by molar-refractivity contribution is 5.83. The van der Waals surface area contributed by atoms with Crippen LogP contribution in [-0.4, -0.2) is 11.7 Å². The minimum Gasteiger partial charge on any atom is -0.508 e. The van der Waals surface area contributed by atoms with E-state index < -0.39 is 0 Å². The number of ether oxygens (including phenoxy) is 1. The summed E-state index contributed by atoms with van der Waals surface area (Å²) in [6.45, 7) is 4.84. The van der Waals surface area contributed by atoms with Gasteiger partial charge in [0.15, 0.2) is 5.43 Å². The summed E-state index contributed by atoms with van der Waals surface area (Å²) in [4.78, 5) is 12.9. The van der Waals surface area contributed by atoms with Gasteiger partial charge in [0, 0.05) is 12.0 Å². The Bertz CT molecular complexity index is 907. The summed E-state index contributed by atoms with van der Waals surface area (Å²) in [7, 11) is 0.